The topological polar surface area (TPSA) is 74.7 Å². The van der Waals surface area contributed by atoms with Gasteiger partial charge in [-0.1, -0.05) is 42.5 Å². The third kappa shape index (κ3) is 2.63. The van der Waals surface area contributed by atoms with E-state index in [-0.39, 0.29) is 0 Å². The highest BCUT2D eigenvalue weighted by molar-refractivity contribution is 5.97. The first-order valence-corrected chi connectivity index (χ1v) is 8.21. The van der Waals surface area contributed by atoms with E-state index in [1.54, 1.807) is 23.3 Å². The van der Waals surface area contributed by atoms with Crippen LogP contribution in [0.5, 0.6) is 0 Å². The molecule has 1 unspecified atom stereocenters. The Morgan fingerprint density at radius 2 is 1.88 bits per heavy atom. The van der Waals surface area contributed by atoms with Gasteiger partial charge in [0, 0.05) is 24.4 Å². The number of nitrogens with zero attached hydrogens (tertiary/aromatic N) is 4. The second kappa shape index (κ2) is 6.43. The highest BCUT2D eigenvalue weighted by atomic mass is 16.3. The second-order valence-electron chi connectivity index (χ2n) is 6.14. The molecule has 0 aliphatic rings. The Labute approximate surface area is 150 Å². The average molecular weight is 340 g/mol. The number of hydrogen-bond donors (Lipinski definition) is 1. The standard InChI is InChI=1S/C21H16N4O/c1-25-13-23-12-20(25)21(26)15-9-18(19(10-22)24-11-15)17-8-4-6-14-5-2-3-7-16(14)17/h2-9,11-13,21,26H,1H3. The summed E-state index contributed by atoms with van der Waals surface area (Å²) in [6.45, 7) is 0. The van der Waals surface area contributed by atoms with Crippen LogP contribution in [-0.2, 0) is 7.05 Å². The van der Waals surface area contributed by atoms with E-state index in [4.69, 9.17) is 0 Å². The Hall–Kier alpha value is -3.49. The van der Waals surface area contributed by atoms with Crippen LogP contribution in [0.1, 0.15) is 23.1 Å². The first kappa shape index (κ1) is 16.0. The monoisotopic (exact) mass is 340 g/mol. The summed E-state index contributed by atoms with van der Waals surface area (Å²) in [7, 11) is 1.83. The van der Waals surface area contributed by atoms with Gasteiger partial charge in [-0.15, -0.1) is 0 Å². The molecule has 2 heterocycles. The summed E-state index contributed by atoms with van der Waals surface area (Å²) >= 11 is 0. The van der Waals surface area contributed by atoms with E-state index in [0.717, 1.165) is 16.3 Å². The molecule has 0 radical (unpaired) electrons. The lowest BCUT2D eigenvalue weighted by Crippen LogP contribution is -2.06. The van der Waals surface area contributed by atoms with E-state index in [0.29, 0.717) is 22.5 Å². The summed E-state index contributed by atoms with van der Waals surface area (Å²) in [5.41, 5.74) is 3.26. The molecule has 0 saturated carbocycles. The third-order valence-corrected chi connectivity index (χ3v) is 4.54. The number of aliphatic hydroxyl groups is 1. The largest absolute Gasteiger partial charge is 0.382 e. The van der Waals surface area contributed by atoms with E-state index in [1.807, 2.05) is 55.6 Å². The SMILES string of the molecule is Cn1cncc1C(O)c1cnc(C#N)c(-c2cccc3ccccc23)c1. The van der Waals surface area contributed by atoms with Gasteiger partial charge >= 0.3 is 0 Å². The maximum absolute atomic E-state index is 10.7. The molecule has 0 amide bonds. The molecule has 0 spiro atoms. The zero-order valence-corrected chi connectivity index (χ0v) is 14.2. The normalized spacial score (nSPS) is 12.0. The van der Waals surface area contributed by atoms with Crippen molar-refractivity contribution in [1.82, 2.24) is 14.5 Å². The van der Waals surface area contributed by atoms with Crippen LogP contribution in [0.2, 0.25) is 0 Å². The van der Waals surface area contributed by atoms with Crippen molar-refractivity contribution in [2.24, 2.45) is 7.05 Å². The molecule has 1 N–H and O–H groups in total. The second-order valence-corrected chi connectivity index (χ2v) is 6.14. The fourth-order valence-corrected chi connectivity index (χ4v) is 3.19. The van der Waals surface area contributed by atoms with Crippen LogP contribution in [0.4, 0.5) is 0 Å². The van der Waals surface area contributed by atoms with Crippen molar-refractivity contribution in [2.75, 3.05) is 0 Å². The Balaban J connectivity index is 1.91. The van der Waals surface area contributed by atoms with Gasteiger partial charge in [0.1, 0.15) is 17.9 Å². The van der Waals surface area contributed by atoms with Gasteiger partial charge in [-0.3, -0.25) is 0 Å². The van der Waals surface area contributed by atoms with Crippen molar-refractivity contribution in [3.63, 3.8) is 0 Å². The van der Waals surface area contributed by atoms with Gasteiger partial charge in [-0.05, 0) is 22.4 Å². The van der Waals surface area contributed by atoms with Gasteiger partial charge in [0.05, 0.1) is 18.2 Å². The van der Waals surface area contributed by atoms with Crippen LogP contribution >= 0.6 is 0 Å². The van der Waals surface area contributed by atoms with Gasteiger partial charge in [-0.25, -0.2) is 9.97 Å². The number of pyridine rings is 1. The molecule has 2 aromatic carbocycles. The predicted molar refractivity (Wildman–Crippen MR) is 99.2 cm³/mol. The van der Waals surface area contributed by atoms with E-state index in [2.05, 4.69) is 16.0 Å². The molecule has 0 bridgehead atoms. The lowest BCUT2D eigenvalue weighted by Gasteiger charge is -2.14. The molecule has 5 nitrogen and oxygen atoms in total. The van der Waals surface area contributed by atoms with Crippen LogP contribution < -0.4 is 0 Å². The van der Waals surface area contributed by atoms with Crippen LogP contribution in [0, 0.1) is 11.3 Å². The summed E-state index contributed by atoms with van der Waals surface area (Å²) in [6.07, 6.45) is 3.95. The maximum Gasteiger partial charge on any atom is 0.148 e. The quantitative estimate of drug-likeness (QED) is 0.618. The minimum absolute atomic E-state index is 0.335. The predicted octanol–water partition coefficient (Wildman–Crippen LogP) is 3.59. The highest BCUT2D eigenvalue weighted by Gasteiger charge is 2.18. The molecule has 0 saturated heterocycles. The zero-order valence-electron chi connectivity index (χ0n) is 14.2. The van der Waals surface area contributed by atoms with Gasteiger partial charge in [0.15, 0.2) is 0 Å². The molecule has 26 heavy (non-hydrogen) atoms. The number of rotatable bonds is 3. The minimum Gasteiger partial charge on any atom is -0.382 e. The molecule has 4 aromatic rings. The van der Waals surface area contributed by atoms with Crippen molar-refractivity contribution in [3.8, 4) is 17.2 Å². The number of benzene rings is 2. The van der Waals surface area contributed by atoms with Crippen LogP contribution in [0.15, 0.2) is 67.3 Å². The Bertz CT molecular complexity index is 1130. The van der Waals surface area contributed by atoms with Crippen molar-refractivity contribution >= 4 is 10.8 Å². The first-order chi connectivity index (χ1) is 12.7. The van der Waals surface area contributed by atoms with Crippen LogP contribution in [-0.4, -0.2) is 19.6 Å². The molecule has 126 valence electrons. The number of fused-ring (bicyclic) bond motifs is 1. The zero-order chi connectivity index (χ0) is 18.1. The number of hydrogen-bond acceptors (Lipinski definition) is 4. The van der Waals surface area contributed by atoms with E-state index in [1.165, 1.54) is 0 Å². The number of nitriles is 1. The summed E-state index contributed by atoms with van der Waals surface area (Å²) in [5, 5.41) is 22.4. The van der Waals surface area contributed by atoms with Gasteiger partial charge in [0.25, 0.3) is 0 Å². The fraction of sp³-hybridized carbons (Fsp3) is 0.0952. The fourth-order valence-electron chi connectivity index (χ4n) is 3.19. The minimum atomic E-state index is -0.864. The molecule has 5 heteroatoms. The summed E-state index contributed by atoms with van der Waals surface area (Å²) < 4.78 is 1.76. The maximum atomic E-state index is 10.7. The van der Waals surface area contributed by atoms with Crippen molar-refractivity contribution in [3.05, 3.63) is 84.2 Å². The molecule has 0 fully saturated rings. The van der Waals surface area contributed by atoms with Crippen LogP contribution in [0.25, 0.3) is 21.9 Å². The Morgan fingerprint density at radius 3 is 2.65 bits per heavy atom. The van der Waals surface area contributed by atoms with Crippen molar-refractivity contribution in [1.29, 1.82) is 5.26 Å². The average Bonchev–Trinajstić information content (AvgIpc) is 3.12. The summed E-state index contributed by atoms with van der Waals surface area (Å²) in [5.74, 6) is 0. The van der Waals surface area contributed by atoms with Crippen molar-refractivity contribution < 1.29 is 5.11 Å². The number of aryl methyl sites for hydroxylation is 1. The summed E-state index contributed by atoms with van der Waals surface area (Å²) in [4.78, 5) is 8.34. The molecule has 1 atom stereocenters. The van der Waals surface area contributed by atoms with Gasteiger partial charge in [-0.2, -0.15) is 5.26 Å². The number of imidazole rings is 1. The smallest absolute Gasteiger partial charge is 0.148 e. The van der Waals surface area contributed by atoms with E-state index < -0.39 is 6.10 Å². The molecule has 0 aliphatic carbocycles. The molecule has 0 aliphatic heterocycles. The highest BCUT2D eigenvalue weighted by Crippen LogP contribution is 2.32. The molecule has 2 aromatic heterocycles. The lowest BCUT2D eigenvalue weighted by atomic mass is 9.95. The van der Waals surface area contributed by atoms with E-state index >= 15 is 0 Å². The van der Waals surface area contributed by atoms with Crippen molar-refractivity contribution in [2.45, 2.75) is 6.10 Å². The number of aliphatic hydroxyl groups excluding tert-OH is 1. The number of aromatic nitrogens is 3. The molecular weight excluding hydrogens is 324 g/mol. The lowest BCUT2D eigenvalue weighted by molar-refractivity contribution is 0.211. The van der Waals surface area contributed by atoms with Gasteiger partial charge < -0.3 is 9.67 Å². The molecular formula is C21H16N4O. The third-order valence-electron chi connectivity index (χ3n) is 4.54. The van der Waals surface area contributed by atoms with E-state index in [9.17, 15) is 10.4 Å². The summed E-state index contributed by atoms with van der Waals surface area (Å²) in [6, 6.07) is 18.0. The Kier molecular flexibility index (Phi) is 3.96. The van der Waals surface area contributed by atoms with Gasteiger partial charge in [0.2, 0.25) is 0 Å². The Morgan fingerprint density at radius 1 is 1.08 bits per heavy atom. The first-order valence-electron chi connectivity index (χ1n) is 8.21. The molecule has 4 rings (SSSR count). The van der Waals surface area contributed by atoms with Crippen LogP contribution in [0.3, 0.4) is 0 Å².